The lowest BCUT2D eigenvalue weighted by molar-refractivity contribution is -0.285. The molecule has 6 heteroatoms. The molecule has 2 saturated heterocycles. The van der Waals surface area contributed by atoms with Gasteiger partial charge < -0.3 is 0 Å². The average Bonchev–Trinajstić information content (AvgIpc) is 3.17. The van der Waals surface area contributed by atoms with Crippen LogP contribution in [-0.2, 0) is 21.3 Å². The molecule has 2 fully saturated rings. The molecule has 34 heavy (non-hydrogen) atoms. The van der Waals surface area contributed by atoms with Gasteiger partial charge in [-0.15, -0.1) is 0 Å². The fraction of sp³-hybridized carbons (Fsp3) is 0.571. The maximum Gasteiger partial charge on any atom is 0.243 e. The van der Waals surface area contributed by atoms with Gasteiger partial charge in [-0.3, -0.25) is 4.84 Å². The van der Waals surface area contributed by atoms with Gasteiger partial charge in [0.2, 0.25) is 10.0 Å². The topological polar surface area (TPSA) is 49.9 Å². The lowest BCUT2D eigenvalue weighted by Crippen LogP contribution is -2.59. The van der Waals surface area contributed by atoms with Crippen LogP contribution in [0.1, 0.15) is 64.5 Å². The van der Waals surface area contributed by atoms with Crippen LogP contribution in [0.2, 0.25) is 0 Å². The Morgan fingerprint density at radius 3 is 2.18 bits per heavy atom. The minimum Gasteiger partial charge on any atom is -0.296 e. The third kappa shape index (κ3) is 5.25. The lowest BCUT2D eigenvalue weighted by atomic mass is 9.82. The SMILES string of the molecule is Cc1ccc(S(=O)(=O)N2CC[C@@H](Cc3ccccc3)[C@@H]2CON2C(C)(C)CCCC2(C)C)cc1. The Hall–Kier alpha value is -1.73. The first-order valence-corrected chi connectivity index (χ1v) is 14.0. The Morgan fingerprint density at radius 2 is 1.56 bits per heavy atom. The fourth-order valence-electron chi connectivity index (χ4n) is 5.88. The smallest absolute Gasteiger partial charge is 0.243 e. The van der Waals surface area contributed by atoms with E-state index in [2.05, 4.69) is 57.0 Å². The second kappa shape index (κ2) is 9.73. The van der Waals surface area contributed by atoms with Crippen molar-refractivity contribution in [2.24, 2.45) is 5.92 Å². The molecule has 2 heterocycles. The van der Waals surface area contributed by atoms with Gasteiger partial charge in [0.05, 0.1) is 17.5 Å². The van der Waals surface area contributed by atoms with Crippen LogP contribution in [0.3, 0.4) is 0 Å². The summed E-state index contributed by atoms with van der Waals surface area (Å²) < 4.78 is 29.1. The summed E-state index contributed by atoms with van der Waals surface area (Å²) in [6, 6.07) is 17.4. The molecule has 0 aromatic heterocycles. The first-order chi connectivity index (χ1) is 16.0. The largest absolute Gasteiger partial charge is 0.296 e. The van der Waals surface area contributed by atoms with Crippen molar-refractivity contribution in [2.45, 2.75) is 88.7 Å². The molecule has 2 aliphatic heterocycles. The Labute approximate surface area is 206 Å². The highest BCUT2D eigenvalue weighted by Crippen LogP contribution is 2.40. The second-order valence-electron chi connectivity index (χ2n) is 11.3. The van der Waals surface area contributed by atoms with Gasteiger partial charge in [-0.25, -0.2) is 8.42 Å². The number of hydroxylamine groups is 2. The number of hydrogen-bond donors (Lipinski definition) is 0. The zero-order valence-electron chi connectivity index (χ0n) is 21.3. The highest BCUT2D eigenvalue weighted by molar-refractivity contribution is 7.89. The molecule has 0 aliphatic carbocycles. The fourth-order valence-corrected chi connectivity index (χ4v) is 7.57. The van der Waals surface area contributed by atoms with Gasteiger partial charge in [0.15, 0.2) is 0 Å². The molecule has 2 aromatic carbocycles. The van der Waals surface area contributed by atoms with Crippen LogP contribution in [-0.4, -0.2) is 48.1 Å². The normalized spacial score (nSPS) is 25.4. The molecule has 0 N–H and O–H groups in total. The van der Waals surface area contributed by atoms with E-state index in [1.54, 1.807) is 16.4 Å². The van der Waals surface area contributed by atoms with E-state index in [4.69, 9.17) is 4.84 Å². The van der Waals surface area contributed by atoms with Gasteiger partial charge in [-0.2, -0.15) is 9.37 Å². The van der Waals surface area contributed by atoms with Gasteiger partial charge >= 0.3 is 0 Å². The number of aryl methyl sites for hydroxylation is 1. The van der Waals surface area contributed by atoms with Crippen LogP contribution in [0.4, 0.5) is 0 Å². The van der Waals surface area contributed by atoms with Crippen LogP contribution >= 0.6 is 0 Å². The summed E-state index contributed by atoms with van der Waals surface area (Å²) in [5, 5.41) is 2.15. The molecule has 0 bridgehead atoms. The van der Waals surface area contributed by atoms with E-state index >= 15 is 0 Å². The zero-order chi connectivity index (χ0) is 24.6. The molecule has 186 valence electrons. The minimum atomic E-state index is -3.61. The molecule has 2 aromatic rings. The highest BCUT2D eigenvalue weighted by Gasteiger charge is 2.46. The van der Waals surface area contributed by atoms with Crippen molar-refractivity contribution >= 4 is 10.0 Å². The number of rotatable bonds is 7. The van der Waals surface area contributed by atoms with Crippen LogP contribution in [0, 0.1) is 12.8 Å². The summed E-state index contributed by atoms with van der Waals surface area (Å²) in [4.78, 5) is 6.94. The van der Waals surface area contributed by atoms with Crippen LogP contribution < -0.4 is 0 Å². The molecule has 5 nitrogen and oxygen atoms in total. The average molecular weight is 485 g/mol. The Morgan fingerprint density at radius 1 is 0.941 bits per heavy atom. The van der Waals surface area contributed by atoms with Crippen molar-refractivity contribution in [1.82, 2.24) is 9.37 Å². The maximum absolute atomic E-state index is 13.7. The molecule has 4 rings (SSSR count). The molecule has 0 saturated carbocycles. The third-order valence-electron chi connectivity index (χ3n) is 7.65. The number of benzene rings is 2. The Balaban J connectivity index is 1.61. The van der Waals surface area contributed by atoms with Gasteiger partial charge in [0.1, 0.15) is 0 Å². The first kappa shape index (κ1) is 25.4. The summed E-state index contributed by atoms with van der Waals surface area (Å²) in [6.07, 6.45) is 5.00. The van der Waals surface area contributed by atoms with Gasteiger partial charge in [-0.1, -0.05) is 48.0 Å². The van der Waals surface area contributed by atoms with E-state index < -0.39 is 10.0 Å². The van der Waals surface area contributed by atoms with Crippen LogP contribution in [0.25, 0.3) is 0 Å². The molecular weight excluding hydrogens is 444 g/mol. The molecule has 0 amide bonds. The van der Waals surface area contributed by atoms with Gasteiger partial charge in [0, 0.05) is 17.6 Å². The Kier molecular flexibility index (Phi) is 7.26. The quantitative estimate of drug-likeness (QED) is 0.514. The maximum atomic E-state index is 13.7. The van der Waals surface area contributed by atoms with E-state index in [1.807, 2.05) is 25.1 Å². The second-order valence-corrected chi connectivity index (χ2v) is 13.2. The summed E-state index contributed by atoms with van der Waals surface area (Å²) in [6.45, 7) is 11.8. The van der Waals surface area contributed by atoms with Crippen molar-refractivity contribution in [1.29, 1.82) is 0 Å². The number of nitrogens with zero attached hydrogens (tertiary/aromatic N) is 2. The number of piperidine rings is 1. The van der Waals surface area contributed by atoms with Gasteiger partial charge in [-0.05, 0) is 90.3 Å². The predicted molar refractivity (Wildman–Crippen MR) is 137 cm³/mol. The molecule has 0 spiro atoms. The molecule has 2 atom stereocenters. The van der Waals surface area contributed by atoms with E-state index in [0.29, 0.717) is 18.0 Å². The van der Waals surface area contributed by atoms with Gasteiger partial charge in [0.25, 0.3) is 0 Å². The van der Waals surface area contributed by atoms with E-state index in [-0.39, 0.29) is 23.0 Å². The molecule has 0 unspecified atom stereocenters. The van der Waals surface area contributed by atoms with Crippen molar-refractivity contribution in [3.8, 4) is 0 Å². The van der Waals surface area contributed by atoms with Crippen LogP contribution in [0.5, 0.6) is 0 Å². The lowest BCUT2D eigenvalue weighted by Gasteiger charge is -2.51. The van der Waals surface area contributed by atoms with Crippen LogP contribution in [0.15, 0.2) is 59.5 Å². The number of sulfonamides is 1. The first-order valence-electron chi connectivity index (χ1n) is 12.6. The van der Waals surface area contributed by atoms with E-state index in [0.717, 1.165) is 31.2 Å². The predicted octanol–water partition coefficient (Wildman–Crippen LogP) is 5.59. The number of hydrogen-bond acceptors (Lipinski definition) is 4. The standard InChI is InChI=1S/C28H40N2O3S/c1-22-12-14-25(15-13-22)34(31,32)29-19-16-24(20-23-10-7-6-8-11-23)26(29)21-33-30-27(2,3)17-9-18-28(30,4)5/h6-8,10-15,24,26H,9,16-21H2,1-5H3/t24-,26-/m0/s1. The minimum absolute atomic E-state index is 0.0874. The summed E-state index contributed by atoms with van der Waals surface area (Å²) in [5.41, 5.74) is 2.12. The third-order valence-corrected chi connectivity index (χ3v) is 9.59. The monoisotopic (exact) mass is 484 g/mol. The molecular formula is C28H40N2O3S. The summed E-state index contributed by atoms with van der Waals surface area (Å²) in [7, 11) is -3.61. The van der Waals surface area contributed by atoms with E-state index in [9.17, 15) is 8.42 Å². The summed E-state index contributed by atoms with van der Waals surface area (Å²) >= 11 is 0. The summed E-state index contributed by atoms with van der Waals surface area (Å²) in [5.74, 6) is 0.207. The zero-order valence-corrected chi connectivity index (χ0v) is 22.1. The van der Waals surface area contributed by atoms with Crippen molar-refractivity contribution in [3.63, 3.8) is 0 Å². The highest BCUT2D eigenvalue weighted by atomic mass is 32.2. The van der Waals surface area contributed by atoms with E-state index in [1.165, 1.54) is 12.0 Å². The molecule has 2 aliphatic rings. The molecule has 0 radical (unpaired) electrons. The van der Waals surface area contributed by atoms with Crippen molar-refractivity contribution < 1.29 is 13.3 Å². The van der Waals surface area contributed by atoms with Crippen molar-refractivity contribution in [3.05, 3.63) is 65.7 Å². The van der Waals surface area contributed by atoms with Crippen molar-refractivity contribution in [2.75, 3.05) is 13.2 Å². The Bertz CT molecular complexity index is 1050.